The first kappa shape index (κ1) is 8.88. The van der Waals surface area contributed by atoms with Crippen LogP contribution in [0.3, 0.4) is 0 Å². The largest absolute Gasteiger partial charge is 0.476 e. The maximum absolute atomic E-state index is 10.4. The highest BCUT2D eigenvalue weighted by atomic mass is 16.4. The van der Waals surface area contributed by atoms with Crippen LogP contribution in [0.25, 0.3) is 0 Å². The van der Waals surface area contributed by atoms with Gasteiger partial charge in [0, 0.05) is 6.42 Å². The molecule has 0 unspecified atom stereocenters. The van der Waals surface area contributed by atoms with Gasteiger partial charge in [-0.05, 0) is 13.3 Å². The molecule has 0 aromatic carbocycles. The maximum atomic E-state index is 10.4. The minimum absolute atomic E-state index is 0.0969. The number of rotatable bonds is 4. The van der Waals surface area contributed by atoms with Gasteiger partial charge in [0.2, 0.25) is 5.78 Å². The fraction of sp³-hybridized carbons (Fsp3) is 0.429. The van der Waals surface area contributed by atoms with Gasteiger partial charge in [-0.25, -0.2) is 4.79 Å². The number of aliphatic carboxylic acids is 1. The Morgan fingerprint density at radius 3 is 2.50 bits per heavy atom. The van der Waals surface area contributed by atoms with E-state index in [1.165, 1.54) is 0 Å². The van der Waals surface area contributed by atoms with Crippen molar-refractivity contribution in [3.8, 4) is 0 Å². The van der Waals surface area contributed by atoms with Crippen LogP contribution in [0.1, 0.15) is 19.8 Å². The van der Waals surface area contributed by atoms with Crippen molar-refractivity contribution < 1.29 is 14.7 Å². The van der Waals surface area contributed by atoms with E-state index in [4.69, 9.17) is 5.11 Å². The first-order valence-corrected chi connectivity index (χ1v) is 3.05. The van der Waals surface area contributed by atoms with Gasteiger partial charge in [0.05, 0.1) is 0 Å². The molecule has 0 saturated carbocycles. The van der Waals surface area contributed by atoms with Crippen molar-refractivity contribution in [1.29, 1.82) is 0 Å². The summed E-state index contributed by atoms with van der Waals surface area (Å²) in [5.74, 6) is -2.07. The lowest BCUT2D eigenvalue weighted by Gasteiger charge is -1.88. The summed E-state index contributed by atoms with van der Waals surface area (Å²) in [7, 11) is 0. The van der Waals surface area contributed by atoms with Gasteiger partial charge in [-0.15, -0.1) is 0 Å². The second kappa shape index (κ2) is 4.73. The molecule has 0 aliphatic carbocycles. The van der Waals surface area contributed by atoms with E-state index in [-0.39, 0.29) is 6.42 Å². The first-order chi connectivity index (χ1) is 4.68. The molecule has 0 heterocycles. The van der Waals surface area contributed by atoms with Gasteiger partial charge < -0.3 is 5.11 Å². The Morgan fingerprint density at radius 1 is 1.50 bits per heavy atom. The Kier molecular flexibility index (Phi) is 4.20. The zero-order chi connectivity index (χ0) is 7.98. The van der Waals surface area contributed by atoms with E-state index < -0.39 is 11.8 Å². The molecule has 10 heavy (non-hydrogen) atoms. The fourth-order valence-electron chi connectivity index (χ4n) is 0.488. The van der Waals surface area contributed by atoms with Crippen molar-refractivity contribution >= 4 is 11.8 Å². The predicted molar refractivity (Wildman–Crippen MR) is 36.7 cm³/mol. The number of carbonyl (C=O) groups is 2. The van der Waals surface area contributed by atoms with Crippen LogP contribution in [0.4, 0.5) is 0 Å². The van der Waals surface area contributed by atoms with Crippen LogP contribution < -0.4 is 0 Å². The van der Waals surface area contributed by atoms with Crippen molar-refractivity contribution in [1.82, 2.24) is 0 Å². The topological polar surface area (TPSA) is 54.4 Å². The van der Waals surface area contributed by atoms with Crippen LogP contribution in [0.5, 0.6) is 0 Å². The summed E-state index contributed by atoms with van der Waals surface area (Å²) < 4.78 is 0. The molecule has 0 amide bonds. The van der Waals surface area contributed by atoms with Gasteiger partial charge in [-0.2, -0.15) is 0 Å². The van der Waals surface area contributed by atoms with Crippen molar-refractivity contribution in [2.45, 2.75) is 19.8 Å². The molecule has 1 N–H and O–H groups in total. The summed E-state index contributed by atoms with van der Waals surface area (Å²) >= 11 is 0. The molecule has 0 aromatic heterocycles. The molecule has 3 heteroatoms. The summed E-state index contributed by atoms with van der Waals surface area (Å²) in [5.41, 5.74) is 0. The Labute approximate surface area is 59.4 Å². The van der Waals surface area contributed by atoms with Crippen molar-refractivity contribution in [3.63, 3.8) is 0 Å². The van der Waals surface area contributed by atoms with E-state index in [0.717, 1.165) is 0 Å². The molecule has 0 aliphatic rings. The zero-order valence-electron chi connectivity index (χ0n) is 5.83. The molecule has 0 rings (SSSR count). The third-order valence-electron chi connectivity index (χ3n) is 1.01. The Hall–Kier alpha value is -1.12. The minimum atomic E-state index is -1.34. The highest BCUT2D eigenvalue weighted by Crippen LogP contribution is 1.92. The monoisotopic (exact) mass is 142 g/mol. The van der Waals surface area contributed by atoms with E-state index in [9.17, 15) is 9.59 Å². The molecule has 0 aliphatic heterocycles. The second-order valence-electron chi connectivity index (χ2n) is 1.84. The standard InChI is InChI=1S/C7H10O3/c1-2-3-4-5-6(8)7(9)10/h2-3H,4-5H2,1H3,(H,9,10). The Bertz CT molecular complexity index is 158. The lowest BCUT2D eigenvalue weighted by Crippen LogP contribution is -2.11. The van der Waals surface area contributed by atoms with Gasteiger partial charge in [-0.1, -0.05) is 12.2 Å². The highest BCUT2D eigenvalue weighted by molar-refractivity contribution is 6.32. The summed E-state index contributed by atoms with van der Waals surface area (Å²) in [6.45, 7) is 1.82. The number of Topliss-reactive ketones (excluding diaryl/α,β-unsaturated/α-hetero) is 1. The van der Waals surface area contributed by atoms with Crippen LogP contribution in [-0.4, -0.2) is 16.9 Å². The molecule has 0 fully saturated rings. The maximum Gasteiger partial charge on any atom is 0.372 e. The average molecular weight is 142 g/mol. The van der Waals surface area contributed by atoms with Gasteiger partial charge in [0.25, 0.3) is 0 Å². The Balaban J connectivity index is 3.50. The van der Waals surface area contributed by atoms with E-state index in [1.54, 1.807) is 12.2 Å². The van der Waals surface area contributed by atoms with E-state index in [0.29, 0.717) is 6.42 Å². The van der Waals surface area contributed by atoms with Gasteiger partial charge >= 0.3 is 5.97 Å². The first-order valence-electron chi connectivity index (χ1n) is 3.05. The molecule has 0 bridgehead atoms. The molecule has 0 saturated heterocycles. The number of ketones is 1. The molecule has 0 radical (unpaired) electrons. The molecular formula is C7H10O3. The third kappa shape index (κ3) is 3.83. The molecule has 0 spiro atoms. The number of carboxylic acid groups (broad SMARTS) is 1. The molecular weight excluding hydrogens is 132 g/mol. The fourth-order valence-corrected chi connectivity index (χ4v) is 0.488. The molecule has 0 aromatic rings. The van der Waals surface area contributed by atoms with Crippen molar-refractivity contribution in [3.05, 3.63) is 12.2 Å². The van der Waals surface area contributed by atoms with E-state index >= 15 is 0 Å². The highest BCUT2D eigenvalue weighted by Gasteiger charge is 2.08. The van der Waals surface area contributed by atoms with Crippen LogP contribution in [0, 0.1) is 0 Å². The van der Waals surface area contributed by atoms with Gasteiger partial charge in [0.1, 0.15) is 0 Å². The van der Waals surface area contributed by atoms with Crippen LogP contribution in [0.15, 0.2) is 12.2 Å². The lowest BCUT2D eigenvalue weighted by atomic mass is 10.2. The smallest absolute Gasteiger partial charge is 0.372 e. The number of carbonyl (C=O) groups excluding carboxylic acids is 1. The molecule has 3 nitrogen and oxygen atoms in total. The number of hydrogen-bond donors (Lipinski definition) is 1. The van der Waals surface area contributed by atoms with Crippen molar-refractivity contribution in [2.24, 2.45) is 0 Å². The van der Waals surface area contributed by atoms with Crippen LogP contribution in [0.2, 0.25) is 0 Å². The van der Waals surface area contributed by atoms with E-state index in [2.05, 4.69) is 0 Å². The normalized spacial score (nSPS) is 10.1. The zero-order valence-corrected chi connectivity index (χ0v) is 5.83. The van der Waals surface area contributed by atoms with E-state index in [1.807, 2.05) is 6.92 Å². The Morgan fingerprint density at radius 2 is 2.10 bits per heavy atom. The summed E-state index contributed by atoms with van der Waals surface area (Å²) in [6, 6.07) is 0. The van der Waals surface area contributed by atoms with Crippen LogP contribution in [-0.2, 0) is 9.59 Å². The van der Waals surface area contributed by atoms with Gasteiger partial charge in [0.15, 0.2) is 0 Å². The minimum Gasteiger partial charge on any atom is -0.476 e. The SMILES string of the molecule is CC=CCCC(=O)C(=O)O. The molecule has 56 valence electrons. The van der Waals surface area contributed by atoms with Crippen LogP contribution >= 0.6 is 0 Å². The summed E-state index contributed by atoms with van der Waals surface area (Å²) in [6.07, 6.45) is 4.16. The predicted octanol–water partition coefficient (Wildman–Crippen LogP) is 0.996. The van der Waals surface area contributed by atoms with Gasteiger partial charge in [-0.3, -0.25) is 4.79 Å². The average Bonchev–Trinajstić information content (AvgIpc) is 1.88. The quantitative estimate of drug-likeness (QED) is 0.470. The number of allylic oxidation sites excluding steroid dienone is 2. The molecule has 0 atom stereocenters. The second-order valence-corrected chi connectivity index (χ2v) is 1.84. The third-order valence-corrected chi connectivity index (χ3v) is 1.01. The summed E-state index contributed by atoms with van der Waals surface area (Å²) in [4.78, 5) is 20.3. The number of hydrogen-bond acceptors (Lipinski definition) is 2. The lowest BCUT2D eigenvalue weighted by molar-refractivity contribution is -0.149. The summed E-state index contributed by atoms with van der Waals surface area (Å²) in [5, 5.41) is 8.11. The number of carboxylic acids is 1. The van der Waals surface area contributed by atoms with Crippen molar-refractivity contribution in [2.75, 3.05) is 0 Å².